The molecule has 9 heteroatoms. The van der Waals surface area contributed by atoms with Crippen LogP contribution in [0.5, 0.6) is 0 Å². The number of hydrogen-bond donors (Lipinski definition) is 1. The van der Waals surface area contributed by atoms with Crippen molar-refractivity contribution in [1.82, 2.24) is 9.55 Å². The maximum atomic E-state index is 12.7. The predicted molar refractivity (Wildman–Crippen MR) is 110 cm³/mol. The minimum Gasteiger partial charge on any atom is -0.462 e. The molecule has 1 aromatic carbocycles. The lowest BCUT2D eigenvalue weighted by Gasteiger charge is -2.10. The highest BCUT2D eigenvalue weighted by Crippen LogP contribution is 2.34. The summed E-state index contributed by atoms with van der Waals surface area (Å²) in [6, 6.07) is 6.97. The van der Waals surface area contributed by atoms with E-state index in [0.29, 0.717) is 21.5 Å². The van der Waals surface area contributed by atoms with Gasteiger partial charge in [-0.1, -0.05) is 12.1 Å². The van der Waals surface area contributed by atoms with Gasteiger partial charge in [-0.25, -0.2) is 9.78 Å². The minimum atomic E-state index is -0.615. The van der Waals surface area contributed by atoms with Crippen molar-refractivity contribution >= 4 is 45.0 Å². The second-order valence-electron chi connectivity index (χ2n) is 6.26. The van der Waals surface area contributed by atoms with Crippen molar-refractivity contribution in [2.75, 3.05) is 11.9 Å². The van der Waals surface area contributed by atoms with Crippen LogP contribution in [0.2, 0.25) is 0 Å². The molecular formula is C20H19N3O5S. The quantitative estimate of drug-likeness (QED) is 0.492. The lowest BCUT2D eigenvalue weighted by atomic mass is 10.1. The molecule has 0 unspecified atom stereocenters. The van der Waals surface area contributed by atoms with Crippen molar-refractivity contribution in [3.63, 3.8) is 0 Å². The summed E-state index contributed by atoms with van der Waals surface area (Å²) in [7, 11) is 0. The number of thiophene rings is 1. The van der Waals surface area contributed by atoms with Crippen molar-refractivity contribution in [3.8, 4) is 0 Å². The van der Waals surface area contributed by atoms with Crippen LogP contribution in [-0.4, -0.2) is 33.8 Å². The van der Waals surface area contributed by atoms with E-state index < -0.39 is 17.4 Å². The summed E-state index contributed by atoms with van der Waals surface area (Å²) in [5.74, 6) is -1.34. The zero-order valence-electron chi connectivity index (χ0n) is 16.1. The third-order valence-electron chi connectivity index (χ3n) is 4.25. The number of hydrogen-bond acceptors (Lipinski definition) is 7. The Balaban J connectivity index is 1.95. The maximum absolute atomic E-state index is 12.7. The standard InChI is InChI=1S/C20H19N3O5S/c1-4-28-20(27)17-11(2)18(12(3)24)29-19(17)22-15(25)10-23-14-8-6-5-7-13(14)21-9-16(23)26/h5-9H,4,10H2,1-3H3,(H,22,25). The molecule has 0 aliphatic rings. The number of Topliss-reactive ketones (excluding diaryl/α,β-unsaturated/α-hetero) is 1. The molecular weight excluding hydrogens is 394 g/mol. The van der Waals surface area contributed by atoms with E-state index in [0.717, 1.165) is 17.5 Å². The zero-order chi connectivity index (χ0) is 21.1. The third-order valence-corrected chi connectivity index (χ3v) is 5.56. The Morgan fingerprint density at radius 1 is 1.24 bits per heavy atom. The Bertz CT molecular complexity index is 1180. The normalized spacial score (nSPS) is 10.7. The van der Waals surface area contributed by atoms with Crippen LogP contribution in [0.25, 0.3) is 11.0 Å². The average molecular weight is 413 g/mol. The number of nitrogens with zero attached hydrogens (tertiary/aromatic N) is 2. The van der Waals surface area contributed by atoms with Crippen LogP contribution < -0.4 is 10.9 Å². The summed E-state index contributed by atoms with van der Waals surface area (Å²) in [4.78, 5) is 53.6. The smallest absolute Gasteiger partial charge is 0.341 e. The molecule has 0 aliphatic heterocycles. The number of amides is 1. The van der Waals surface area contributed by atoms with Crippen LogP contribution in [0.4, 0.5) is 5.00 Å². The number of benzene rings is 1. The molecule has 0 radical (unpaired) electrons. The Labute approximate surface area is 170 Å². The molecule has 2 aromatic heterocycles. The van der Waals surface area contributed by atoms with Crippen LogP contribution in [0, 0.1) is 6.92 Å². The van der Waals surface area contributed by atoms with Gasteiger partial charge in [0, 0.05) is 0 Å². The van der Waals surface area contributed by atoms with Gasteiger partial charge in [-0.3, -0.25) is 19.0 Å². The molecule has 3 rings (SSSR count). The highest BCUT2D eigenvalue weighted by atomic mass is 32.1. The largest absolute Gasteiger partial charge is 0.462 e. The van der Waals surface area contributed by atoms with Crippen molar-refractivity contribution in [3.05, 3.63) is 56.8 Å². The van der Waals surface area contributed by atoms with Crippen LogP contribution in [0.15, 0.2) is 35.3 Å². The number of carbonyl (C=O) groups excluding carboxylic acids is 3. The number of para-hydroxylation sites is 2. The SMILES string of the molecule is CCOC(=O)c1c(NC(=O)Cn2c(=O)cnc3ccccc32)sc(C(C)=O)c1C. The van der Waals surface area contributed by atoms with Gasteiger partial charge in [0.2, 0.25) is 5.91 Å². The van der Waals surface area contributed by atoms with Crippen LogP contribution >= 0.6 is 11.3 Å². The van der Waals surface area contributed by atoms with Gasteiger partial charge in [-0.2, -0.15) is 0 Å². The Morgan fingerprint density at radius 3 is 2.66 bits per heavy atom. The van der Waals surface area contributed by atoms with Crippen molar-refractivity contribution in [2.24, 2.45) is 0 Å². The van der Waals surface area contributed by atoms with Gasteiger partial charge >= 0.3 is 5.97 Å². The van der Waals surface area contributed by atoms with E-state index in [1.165, 1.54) is 11.5 Å². The molecule has 8 nitrogen and oxygen atoms in total. The highest BCUT2D eigenvalue weighted by Gasteiger charge is 2.25. The van der Waals surface area contributed by atoms with E-state index in [4.69, 9.17) is 4.74 Å². The first-order valence-electron chi connectivity index (χ1n) is 8.89. The summed E-state index contributed by atoms with van der Waals surface area (Å²) in [6.07, 6.45) is 1.16. The first kappa shape index (κ1) is 20.4. The molecule has 1 amide bonds. The van der Waals surface area contributed by atoms with E-state index in [1.807, 2.05) is 0 Å². The number of nitrogens with one attached hydrogen (secondary N) is 1. The first-order valence-corrected chi connectivity index (χ1v) is 9.71. The third kappa shape index (κ3) is 4.09. The maximum Gasteiger partial charge on any atom is 0.341 e. The number of ketones is 1. The Kier molecular flexibility index (Phi) is 5.88. The molecule has 1 N–H and O–H groups in total. The predicted octanol–water partition coefficient (Wildman–Crippen LogP) is 2.78. The lowest BCUT2D eigenvalue weighted by Crippen LogP contribution is -2.28. The fourth-order valence-corrected chi connectivity index (χ4v) is 4.08. The van der Waals surface area contributed by atoms with Gasteiger partial charge in [0.1, 0.15) is 11.5 Å². The number of anilines is 1. The monoisotopic (exact) mass is 413 g/mol. The average Bonchev–Trinajstić information content (AvgIpc) is 3.00. The Hall–Kier alpha value is -3.33. The van der Waals surface area contributed by atoms with Gasteiger partial charge in [0.15, 0.2) is 5.78 Å². The summed E-state index contributed by atoms with van der Waals surface area (Å²) in [5, 5.41) is 2.88. The van der Waals surface area contributed by atoms with Gasteiger partial charge in [0.05, 0.1) is 34.3 Å². The van der Waals surface area contributed by atoms with Gasteiger partial charge in [-0.05, 0) is 38.5 Å². The van der Waals surface area contributed by atoms with Crippen LogP contribution in [0.1, 0.15) is 39.4 Å². The molecule has 0 atom stereocenters. The number of carbonyl (C=O) groups is 3. The first-order chi connectivity index (χ1) is 13.8. The second-order valence-corrected chi connectivity index (χ2v) is 7.28. The van der Waals surface area contributed by atoms with E-state index in [2.05, 4.69) is 10.3 Å². The second kappa shape index (κ2) is 8.36. The van der Waals surface area contributed by atoms with E-state index in [-0.39, 0.29) is 29.5 Å². The molecule has 150 valence electrons. The van der Waals surface area contributed by atoms with Gasteiger partial charge < -0.3 is 10.1 Å². The topological polar surface area (TPSA) is 107 Å². The zero-order valence-corrected chi connectivity index (χ0v) is 17.0. The molecule has 0 fully saturated rings. The van der Waals surface area contributed by atoms with Crippen molar-refractivity contribution < 1.29 is 19.1 Å². The van der Waals surface area contributed by atoms with Gasteiger partial charge in [0.25, 0.3) is 5.56 Å². The van der Waals surface area contributed by atoms with E-state index >= 15 is 0 Å². The highest BCUT2D eigenvalue weighted by molar-refractivity contribution is 7.18. The number of fused-ring (bicyclic) bond motifs is 1. The van der Waals surface area contributed by atoms with Crippen LogP contribution in [-0.2, 0) is 16.1 Å². The van der Waals surface area contributed by atoms with Crippen molar-refractivity contribution in [1.29, 1.82) is 0 Å². The molecule has 3 aromatic rings. The van der Waals surface area contributed by atoms with Crippen molar-refractivity contribution in [2.45, 2.75) is 27.3 Å². The van der Waals surface area contributed by atoms with E-state index in [1.54, 1.807) is 38.1 Å². The number of ether oxygens (including phenoxy) is 1. The molecule has 0 saturated carbocycles. The molecule has 0 saturated heterocycles. The molecule has 0 bridgehead atoms. The summed E-state index contributed by atoms with van der Waals surface area (Å²) in [6.45, 7) is 4.59. The number of esters is 1. The van der Waals surface area contributed by atoms with Gasteiger partial charge in [-0.15, -0.1) is 11.3 Å². The molecule has 2 heterocycles. The number of aromatic nitrogens is 2. The minimum absolute atomic E-state index is 0.155. The molecule has 0 aliphatic carbocycles. The molecule has 0 spiro atoms. The Morgan fingerprint density at radius 2 is 1.97 bits per heavy atom. The van der Waals surface area contributed by atoms with Crippen LogP contribution in [0.3, 0.4) is 0 Å². The summed E-state index contributed by atoms with van der Waals surface area (Å²) < 4.78 is 6.36. The summed E-state index contributed by atoms with van der Waals surface area (Å²) in [5.41, 5.74) is 1.30. The fraction of sp³-hybridized carbons (Fsp3) is 0.250. The number of rotatable bonds is 6. The summed E-state index contributed by atoms with van der Waals surface area (Å²) >= 11 is 1.01. The fourth-order valence-electron chi connectivity index (χ4n) is 2.97. The molecule has 29 heavy (non-hydrogen) atoms. The lowest BCUT2D eigenvalue weighted by molar-refractivity contribution is -0.116. The van der Waals surface area contributed by atoms with E-state index in [9.17, 15) is 19.2 Å².